The summed E-state index contributed by atoms with van der Waals surface area (Å²) in [6.07, 6.45) is 2.73. The smallest absolute Gasteiger partial charge is 0.306 e. The molecule has 1 aliphatic rings. The van der Waals surface area contributed by atoms with Crippen molar-refractivity contribution in [3.05, 3.63) is 0 Å². The number of carboxylic acid groups (broad SMARTS) is 1. The van der Waals surface area contributed by atoms with Crippen LogP contribution in [0.5, 0.6) is 0 Å². The molecule has 0 heterocycles. The van der Waals surface area contributed by atoms with Crippen LogP contribution in [-0.2, 0) is 9.59 Å². The highest BCUT2D eigenvalue weighted by Crippen LogP contribution is 2.24. The molecule has 1 rings (SSSR count). The lowest BCUT2D eigenvalue weighted by Crippen LogP contribution is -2.48. The van der Waals surface area contributed by atoms with Crippen LogP contribution in [0, 0.1) is 11.8 Å². The standard InChI is InChI=1S/C12H22N2O3/c1-7(2)10(13)11(15)14-9-5-3-8(4-6-9)12(16)17/h7-10H,3-6,13H2,1-2H3,(H,14,15)(H,16,17)/t8?,9?,10-/m0/s1. The van der Waals surface area contributed by atoms with Gasteiger partial charge in [-0.15, -0.1) is 0 Å². The van der Waals surface area contributed by atoms with E-state index in [2.05, 4.69) is 5.32 Å². The van der Waals surface area contributed by atoms with Gasteiger partial charge in [0.2, 0.25) is 5.91 Å². The van der Waals surface area contributed by atoms with Gasteiger partial charge in [0, 0.05) is 6.04 Å². The molecule has 1 aliphatic carbocycles. The maximum Gasteiger partial charge on any atom is 0.306 e. The lowest BCUT2D eigenvalue weighted by Gasteiger charge is -2.28. The molecule has 1 atom stereocenters. The van der Waals surface area contributed by atoms with Gasteiger partial charge in [0.25, 0.3) is 0 Å². The maximum atomic E-state index is 11.7. The van der Waals surface area contributed by atoms with Crippen LogP contribution in [0.4, 0.5) is 0 Å². The largest absolute Gasteiger partial charge is 0.481 e. The van der Waals surface area contributed by atoms with Crippen LogP contribution in [0.25, 0.3) is 0 Å². The summed E-state index contributed by atoms with van der Waals surface area (Å²) in [7, 11) is 0. The van der Waals surface area contributed by atoms with E-state index >= 15 is 0 Å². The zero-order valence-electron chi connectivity index (χ0n) is 10.5. The number of carbonyl (C=O) groups is 2. The fourth-order valence-corrected chi connectivity index (χ4v) is 2.08. The molecular formula is C12H22N2O3. The normalized spacial score (nSPS) is 26.6. The molecule has 1 amide bonds. The molecule has 5 nitrogen and oxygen atoms in total. The third-order valence-electron chi connectivity index (χ3n) is 3.44. The number of hydrogen-bond donors (Lipinski definition) is 3. The molecule has 1 fully saturated rings. The van der Waals surface area contributed by atoms with Gasteiger partial charge in [0.05, 0.1) is 12.0 Å². The predicted molar refractivity (Wildman–Crippen MR) is 64.3 cm³/mol. The highest BCUT2D eigenvalue weighted by atomic mass is 16.4. The minimum atomic E-state index is -0.728. The topological polar surface area (TPSA) is 92.4 Å². The van der Waals surface area contributed by atoms with E-state index in [4.69, 9.17) is 10.8 Å². The minimum Gasteiger partial charge on any atom is -0.481 e. The first kappa shape index (κ1) is 14.0. The Kier molecular flexibility index (Phi) is 4.93. The zero-order chi connectivity index (χ0) is 13.0. The van der Waals surface area contributed by atoms with E-state index in [0.29, 0.717) is 12.8 Å². The summed E-state index contributed by atoms with van der Waals surface area (Å²) in [6.45, 7) is 3.82. The number of hydrogen-bond acceptors (Lipinski definition) is 3. The number of nitrogens with one attached hydrogen (secondary N) is 1. The van der Waals surface area contributed by atoms with E-state index in [0.717, 1.165) is 12.8 Å². The average molecular weight is 242 g/mol. The van der Waals surface area contributed by atoms with Crippen molar-refractivity contribution in [2.75, 3.05) is 0 Å². The number of amides is 1. The Balaban J connectivity index is 2.35. The molecule has 98 valence electrons. The van der Waals surface area contributed by atoms with Gasteiger partial charge in [-0.05, 0) is 31.6 Å². The van der Waals surface area contributed by atoms with Gasteiger partial charge in [-0.25, -0.2) is 0 Å². The first-order valence-corrected chi connectivity index (χ1v) is 6.20. The molecule has 0 aliphatic heterocycles. The Labute approximate surface area is 102 Å². The van der Waals surface area contributed by atoms with E-state index in [1.54, 1.807) is 0 Å². The van der Waals surface area contributed by atoms with E-state index in [-0.39, 0.29) is 23.8 Å². The van der Waals surface area contributed by atoms with Crippen molar-refractivity contribution in [2.45, 2.75) is 51.6 Å². The first-order chi connectivity index (χ1) is 7.91. The monoisotopic (exact) mass is 242 g/mol. The second-order valence-electron chi connectivity index (χ2n) is 5.17. The molecular weight excluding hydrogens is 220 g/mol. The minimum absolute atomic E-state index is 0.0860. The molecule has 0 radical (unpaired) electrons. The Morgan fingerprint density at radius 1 is 1.24 bits per heavy atom. The van der Waals surface area contributed by atoms with Crippen LogP contribution < -0.4 is 11.1 Å². The van der Waals surface area contributed by atoms with Crippen molar-refractivity contribution in [2.24, 2.45) is 17.6 Å². The van der Waals surface area contributed by atoms with Crippen molar-refractivity contribution in [1.82, 2.24) is 5.32 Å². The first-order valence-electron chi connectivity index (χ1n) is 6.20. The molecule has 0 aromatic carbocycles. The highest BCUT2D eigenvalue weighted by Gasteiger charge is 2.28. The van der Waals surface area contributed by atoms with Gasteiger partial charge in [-0.3, -0.25) is 9.59 Å². The lowest BCUT2D eigenvalue weighted by atomic mass is 9.86. The summed E-state index contributed by atoms with van der Waals surface area (Å²) in [5.74, 6) is -0.986. The molecule has 0 bridgehead atoms. The average Bonchev–Trinajstić information content (AvgIpc) is 2.28. The lowest BCUT2D eigenvalue weighted by molar-refractivity contribution is -0.142. The van der Waals surface area contributed by atoms with Crippen LogP contribution >= 0.6 is 0 Å². The Morgan fingerprint density at radius 2 is 1.76 bits per heavy atom. The van der Waals surface area contributed by atoms with Crippen LogP contribution in [0.15, 0.2) is 0 Å². The molecule has 0 saturated heterocycles. The maximum absolute atomic E-state index is 11.7. The number of nitrogens with two attached hydrogens (primary N) is 1. The van der Waals surface area contributed by atoms with Crippen LogP contribution in [0.2, 0.25) is 0 Å². The predicted octanol–water partition coefficient (Wildman–Crippen LogP) is 0.729. The third-order valence-corrected chi connectivity index (χ3v) is 3.44. The summed E-state index contributed by atoms with van der Waals surface area (Å²) < 4.78 is 0. The van der Waals surface area contributed by atoms with Gasteiger partial charge in [-0.2, -0.15) is 0 Å². The van der Waals surface area contributed by atoms with Crippen molar-refractivity contribution in [1.29, 1.82) is 0 Å². The number of carboxylic acids is 1. The fraction of sp³-hybridized carbons (Fsp3) is 0.833. The Hall–Kier alpha value is -1.10. The van der Waals surface area contributed by atoms with Gasteiger partial charge in [0.15, 0.2) is 0 Å². The SMILES string of the molecule is CC(C)[C@H](N)C(=O)NC1CCC(C(=O)O)CC1. The van der Waals surface area contributed by atoms with Gasteiger partial charge in [-0.1, -0.05) is 13.8 Å². The van der Waals surface area contributed by atoms with E-state index in [1.165, 1.54) is 0 Å². The van der Waals surface area contributed by atoms with Crippen molar-refractivity contribution < 1.29 is 14.7 Å². The second-order valence-corrected chi connectivity index (χ2v) is 5.17. The highest BCUT2D eigenvalue weighted by molar-refractivity contribution is 5.82. The molecule has 4 N–H and O–H groups in total. The molecule has 0 unspecified atom stereocenters. The summed E-state index contributed by atoms with van der Waals surface area (Å²) >= 11 is 0. The summed E-state index contributed by atoms with van der Waals surface area (Å²) in [6, 6.07) is -0.393. The molecule has 0 spiro atoms. The molecule has 5 heteroatoms. The third kappa shape index (κ3) is 4.00. The van der Waals surface area contributed by atoms with Crippen molar-refractivity contribution in [3.63, 3.8) is 0 Å². The Bertz CT molecular complexity index is 283. The number of carbonyl (C=O) groups excluding carboxylic acids is 1. The quantitative estimate of drug-likeness (QED) is 0.677. The van der Waals surface area contributed by atoms with Crippen molar-refractivity contribution in [3.8, 4) is 0 Å². The fourth-order valence-electron chi connectivity index (χ4n) is 2.08. The zero-order valence-corrected chi connectivity index (χ0v) is 10.5. The van der Waals surface area contributed by atoms with Crippen LogP contribution in [0.3, 0.4) is 0 Å². The van der Waals surface area contributed by atoms with E-state index in [1.807, 2.05) is 13.8 Å². The molecule has 0 aromatic rings. The molecule has 1 saturated carbocycles. The van der Waals surface area contributed by atoms with E-state index in [9.17, 15) is 9.59 Å². The van der Waals surface area contributed by atoms with Gasteiger partial charge >= 0.3 is 5.97 Å². The summed E-state index contributed by atoms with van der Waals surface area (Å²) in [4.78, 5) is 22.5. The number of aliphatic carboxylic acids is 1. The second kappa shape index (κ2) is 6.00. The summed E-state index contributed by atoms with van der Waals surface area (Å²) in [5, 5.41) is 11.8. The van der Waals surface area contributed by atoms with Crippen molar-refractivity contribution >= 4 is 11.9 Å². The van der Waals surface area contributed by atoms with Crippen LogP contribution in [0.1, 0.15) is 39.5 Å². The molecule has 17 heavy (non-hydrogen) atoms. The van der Waals surface area contributed by atoms with Crippen LogP contribution in [-0.4, -0.2) is 29.1 Å². The molecule has 0 aromatic heterocycles. The Morgan fingerprint density at radius 3 is 2.18 bits per heavy atom. The van der Waals surface area contributed by atoms with Gasteiger partial charge < -0.3 is 16.2 Å². The van der Waals surface area contributed by atoms with E-state index < -0.39 is 12.0 Å². The number of rotatable bonds is 4. The van der Waals surface area contributed by atoms with Gasteiger partial charge in [0.1, 0.15) is 0 Å². The summed E-state index contributed by atoms with van der Waals surface area (Å²) in [5.41, 5.74) is 5.75.